The van der Waals surface area contributed by atoms with Crippen LogP contribution in [0, 0.1) is 0 Å². The Balaban J connectivity index is 4.15. The summed E-state index contributed by atoms with van der Waals surface area (Å²) in [6, 6.07) is 0. The molecule has 282 valence electrons. The van der Waals surface area contributed by atoms with Crippen molar-refractivity contribution in [1.29, 1.82) is 0 Å². The molecule has 0 saturated heterocycles. The van der Waals surface area contributed by atoms with Crippen LogP contribution >= 0.6 is 7.82 Å². The van der Waals surface area contributed by atoms with Crippen LogP contribution in [0.5, 0.6) is 0 Å². The van der Waals surface area contributed by atoms with Gasteiger partial charge in [-0.3, -0.25) is 13.8 Å². The van der Waals surface area contributed by atoms with Crippen molar-refractivity contribution < 1.29 is 32.8 Å². The summed E-state index contributed by atoms with van der Waals surface area (Å²) < 4.78 is 33.0. The van der Waals surface area contributed by atoms with Gasteiger partial charge in [-0.15, -0.1) is 0 Å². The third-order valence-corrected chi connectivity index (χ3v) is 9.08. The predicted octanol–water partition coefficient (Wildman–Crippen LogP) is 11.4. The number of allylic oxidation sites excluding steroid dienone is 5. The summed E-state index contributed by atoms with van der Waals surface area (Å²) in [5, 5.41) is 0. The van der Waals surface area contributed by atoms with Crippen LogP contribution in [0.4, 0.5) is 0 Å². The molecule has 2 unspecified atom stereocenters. The van der Waals surface area contributed by atoms with Gasteiger partial charge in [-0.1, -0.05) is 122 Å². The van der Waals surface area contributed by atoms with Gasteiger partial charge in [0.1, 0.15) is 6.61 Å². The molecule has 9 heteroatoms. The number of phosphoric ester groups is 1. The maximum Gasteiger partial charge on any atom is 0.472 e. The molecule has 0 saturated carbocycles. The Kier molecular flexibility index (Phi) is 35.7. The number of esters is 1. The van der Waals surface area contributed by atoms with Crippen LogP contribution < -0.4 is 5.73 Å². The van der Waals surface area contributed by atoms with Crippen molar-refractivity contribution in [2.75, 3.05) is 26.4 Å². The first-order valence-electron chi connectivity index (χ1n) is 19.5. The van der Waals surface area contributed by atoms with E-state index in [-0.39, 0.29) is 32.3 Å². The second kappa shape index (κ2) is 36.8. The molecule has 0 aliphatic heterocycles. The highest BCUT2D eigenvalue weighted by molar-refractivity contribution is 7.47. The summed E-state index contributed by atoms with van der Waals surface area (Å²) in [7, 11) is -4.29. The summed E-state index contributed by atoms with van der Waals surface area (Å²) in [6.07, 6.45) is 41.0. The lowest BCUT2D eigenvalue weighted by Gasteiger charge is -2.19. The van der Waals surface area contributed by atoms with Gasteiger partial charge in [-0.25, -0.2) is 4.57 Å². The highest BCUT2D eigenvalue weighted by atomic mass is 31.2. The van der Waals surface area contributed by atoms with Crippen molar-refractivity contribution in [2.45, 2.75) is 180 Å². The number of unbranched alkanes of at least 4 members (excludes halogenated alkanes) is 20. The smallest absolute Gasteiger partial charge is 0.472 e. The molecule has 0 radical (unpaired) electrons. The third kappa shape index (κ3) is 35.9. The lowest BCUT2D eigenvalue weighted by Crippen LogP contribution is -2.27. The van der Waals surface area contributed by atoms with Crippen LogP contribution in [-0.4, -0.2) is 43.3 Å². The Morgan fingerprint density at radius 1 is 0.625 bits per heavy atom. The maximum absolute atomic E-state index is 12.5. The molecule has 8 nitrogen and oxygen atoms in total. The lowest BCUT2D eigenvalue weighted by atomic mass is 10.1. The molecule has 0 rings (SSSR count). The zero-order valence-electron chi connectivity index (χ0n) is 31.0. The number of ether oxygens (including phenoxy) is 2. The first-order valence-corrected chi connectivity index (χ1v) is 21.0. The normalized spacial score (nSPS) is 13.9. The number of hydrogen-bond donors (Lipinski definition) is 2. The van der Waals surface area contributed by atoms with Gasteiger partial charge in [0.25, 0.3) is 0 Å². The van der Waals surface area contributed by atoms with Gasteiger partial charge in [0.05, 0.1) is 19.5 Å². The van der Waals surface area contributed by atoms with Crippen molar-refractivity contribution in [2.24, 2.45) is 5.73 Å². The van der Waals surface area contributed by atoms with Crippen molar-refractivity contribution in [3.05, 3.63) is 36.6 Å². The predicted molar refractivity (Wildman–Crippen MR) is 201 cm³/mol. The highest BCUT2D eigenvalue weighted by Crippen LogP contribution is 2.43. The molecule has 3 N–H and O–H groups in total. The van der Waals surface area contributed by atoms with E-state index < -0.39 is 13.9 Å². The van der Waals surface area contributed by atoms with Crippen LogP contribution in [-0.2, 0) is 27.9 Å². The molecule has 0 aliphatic rings. The van der Waals surface area contributed by atoms with Crippen molar-refractivity contribution in [1.82, 2.24) is 0 Å². The first-order chi connectivity index (χ1) is 23.4. The summed E-state index contributed by atoms with van der Waals surface area (Å²) in [5.41, 5.74) is 5.35. The molecule has 0 bridgehead atoms. The van der Waals surface area contributed by atoms with Gasteiger partial charge in [-0.05, 0) is 76.7 Å². The SMILES string of the molecule is CCCCCCC=CCCCCCCCCC=COCC(COP(=O)(O)OCCN)OC(=O)CCCCCCCC=CCCCCCC. The van der Waals surface area contributed by atoms with Crippen LogP contribution in [0.3, 0.4) is 0 Å². The minimum atomic E-state index is -4.29. The molecule has 0 aliphatic carbocycles. The molecule has 0 heterocycles. The summed E-state index contributed by atoms with van der Waals surface area (Å²) >= 11 is 0. The minimum absolute atomic E-state index is 0.0262. The van der Waals surface area contributed by atoms with Crippen LogP contribution in [0.1, 0.15) is 174 Å². The van der Waals surface area contributed by atoms with E-state index in [9.17, 15) is 14.3 Å². The number of carbonyl (C=O) groups excluding carboxylic acids is 1. The van der Waals surface area contributed by atoms with Crippen molar-refractivity contribution >= 4 is 13.8 Å². The maximum atomic E-state index is 12.5. The van der Waals surface area contributed by atoms with E-state index in [1.807, 2.05) is 6.08 Å². The molecule has 0 fully saturated rings. The first kappa shape index (κ1) is 46.6. The fourth-order valence-electron chi connectivity index (χ4n) is 5.19. The van der Waals surface area contributed by atoms with Gasteiger partial charge in [0.15, 0.2) is 6.10 Å². The van der Waals surface area contributed by atoms with E-state index in [0.717, 1.165) is 44.9 Å². The Bertz CT molecular complexity index is 833. The molecular weight excluding hydrogens is 625 g/mol. The molecule has 0 spiro atoms. The largest absolute Gasteiger partial charge is 0.498 e. The second-order valence-electron chi connectivity index (χ2n) is 12.8. The highest BCUT2D eigenvalue weighted by Gasteiger charge is 2.25. The standard InChI is InChI=1S/C39H74NO7P/c1-3-5-7-9-11-13-15-17-18-19-21-23-25-27-29-31-34-44-36-38(37-46-48(42,43)45-35-33-40)47-39(41)32-30-28-26-24-22-20-16-14-12-10-8-6-4-2/h13-16,31,34,38H,3-12,17-30,32-33,35-37,40H2,1-2H3,(H,42,43). The van der Waals surface area contributed by atoms with Crippen molar-refractivity contribution in [3.63, 3.8) is 0 Å². The van der Waals surface area contributed by atoms with E-state index in [2.05, 4.69) is 38.2 Å². The third-order valence-electron chi connectivity index (χ3n) is 8.09. The van der Waals surface area contributed by atoms with E-state index in [1.165, 1.54) is 109 Å². The van der Waals surface area contributed by atoms with E-state index in [4.69, 9.17) is 24.3 Å². The lowest BCUT2D eigenvalue weighted by molar-refractivity contribution is -0.153. The average molecular weight is 700 g/mol. The molecule has 0 aromatic carbocycles. The fraction of sp³-hybridized carbons (Fsp3) is 0.821. The number of carbonyl (C=O) groups is 1. The Morgan fingerprint density at radius 2 is 1.06 bits per heavy atom. The number of hydrogen-bond acceptors (Lipinski definition) is 7. The number of nitrogens with two attached hydrogens (primary N) is 1. The second-order valence-corrected chi connectivity index (χ2v) is 14.3. The summed E-state index contributed by atoms with van der Waals surface area (Å²) in [4.78, 5) is 22.3. The van der Waals surface area contributed by atoms with E-state index >= 15 is 0 Å². The molecule has 0 aromatic rings. The van der Waals surface area contributed by atoms with Gasteiger partial charge in [0.2, 0.25) is 0 Å². The number of rotatable bonds is 37. The molecule has 0 amide bonds. The average Bonchev–Trinajstić information content (AvgIpc) is 3.07. The molecule has 0 aromatic heterocycles. The Labute approximate surface area is 295 Å². The fourth-order valence-corrected chi connectivity index (χ4v) is 5.95. The van der Waals surface area contributed by atoms with Gasteiger partial charge in [0, 0.05) is 13.0 Å². The Morgan fingerprint density at radius 3 is 1.54 bits per heavy atom. The van der Waals surface area contributed by atoms with Gasteiger partial charge >= 0.3 is 13.8 Å². The minimum Gasteiger partial charge on any atom is -0.498 e. The van der Waals surface area contributed by atoms with E-state index in [0.29, 0.717) is 6.42 Å². The van der Waals surface area contributed by atoms with Crippen LogP contribution in [0.2, 0.25) is 0 Å². The topological polar surface area (TPSA) is 117 Å². The zero-order chi connectivity index (χ0) is 35.2. The molecular formula is C39H74NO7P. The van der Waals surface area contributed by atoms with Crippen molar-refractivity contribution in [3.8, 4) is 0 Å². The summed E-state index contributed by atoms with van der Waals surface area (Å²) in [6.45, 7) is 4.19. The van der Waals surface area contributed by atoms with Gasteiger partial charge < -0.3 is 20.1 Å². The van der Waals surface area contributed by atoms with Gasteiger partial charge in [-0.2, -0.15) is 0 Å². The zero-order valence-corrected chi connectivity index (χ0v) is 31.9. The Hall–Kier alpha value is -1.44. The van der Waals surface area contributed by atoms with Crippen LogP contribution in [0.25, 0.3) is 0 Å². The number of phosphoric acid groups is 1. The summed E-state index contributed by atoms with van der Waals surface area (Å²) in [5.74, 6) is -0.365. The monoisotopic (exact) mass is 700 g/mol. The molecule has 48 heavy (non-hydrogen) atoms. The quantitative estimate of drug-likeness (QED) is 0.0216. The molecule has 2 atom stereocenters. The van der Waals surface area contributed by atoms with E-state index in [1.54, 1.807) is 6.26 Å². The van der Waals surface area contributed by atoms with Crippen LogP contribution in [0.15, 0.2) is 36.6 Å².